The molecule has 2 aliphatic rings. The number of ether oxygens (including phenoxy) is 1. The highest BCUT2D eigenvalue weighted by molar-refractivity contribution is 5.96. The van der Waals surface area contributed by atoms with Crippen molar-refractivity contribution in [3.8, 4) is 5.75 Å². The number of amides is 2. The first kappa shape index (κ1) is 22.0. The number of rotatable bonds is 6. The van der Waals surface area contributed by atoms with Crippen LogP contribution in [0.25, 0.3) is 0 Å². The fourth-order valence-electron chi connectivity index (χ4n) is 3.84. The van der Waals surface area contributed by atoms with E-state index >= 15 is 0 Å². The molecule has 0 saturated carbocycles. The molecule has 2 aliphatic heterocycles. The summed E-state index contributed by atoms with van der Waals surface area (Å²) < 4.78 is 6.93. The maximum Gasteiger partial charge on any atom is 0.274 e. The Morgan fingerprint density at radius 2 is 1.97 bits per heavy atom. The van der Waals surface area contributed by atoms with Crippen molar-refractivity contribution in [1.82, 2.24) is 30.5 Å². The Hall–Kier alpha value is -2.65. The third kappa shape index (κ3) is 4.91. The van der Waals surface area contributed by atoms with Crippen molar-refractivity contribution in [3.63, 3.8) is 0 Å². The van der Waals surface area contributed by atoms with Gasteiger partial charge >= 0.3 is 0 Å². The molecule has 4 rings (SSSR count). The SMILES string of the molecule is COc1ccc(CN2CCC(NC(=O)c3cn(C4CCNCC4)nn3)C2=O)cc1.Cl. The molecule has 1 aromatic heterocycles. The molecule has 1 atom stereocenters. The Morgan fingerprint density at radius 1 is 1.23 bits per heavy atom. The van der Waals surface area contributed by atoms with Gasteiger partial charge in [-0.3, -0.25) is 9.59 Å². The van der Waals surface area contributed by atoms with Gasteiger partial charge in [-0.05, 0) is 50.0 Å². The average Bonchev–Trinajstić information content (AvgIpc) is 3.38. The van der Waals surface area contributed by atoms with Crippen LogP contribution < -0.4 is 15.4 Å². The van der Waals surface area contributed by atoms with Gasteiger partial charge in [-0.2, -0.15) is 0 Å². The second-order valence-electron chi connectivity index (χ2n) is 7.49. The minimum atomic E-state index is -0.523. The summed E-state index contributed by atoms with van der Waals surface area (Å²) in [6.45, 7) is 3.00. The van der Waals surface area contributed by atoms with Crippen molar-refractivity contribution in [1.29, 1.82) is 0 Å². The van der Waals surface area contributed by atoms with E-state index in [-0.39, 0.29) is 36.0 Å². The number of carbonyl (C=O) groups excluding carboxylic acids is 2. The van der Waals surface area contributed by atoms with E-state index in [0.29, 0.717) is 19.5 Å². The van der Waals surface area contributed by atoms with Crippen LogP contribution in [0.1, 0.15) is 41.4 Å². The second-order valence-corrected chi connectivity index (χ2v) is 7.49. The molecule has 3 heterocycles. The fourth-order valence-corrected chi connectivity index (χ4v) is 3.84. The van der Waals surface area contributed by atoms with Crippen LogP contribution in [-0.4, -0.2) is 64.5 Å². The minimum Gasteiger partial charge on any atom is -0.497 e. The minimum absolute atomic E-state index is 0. The van der Waals surface area contributed by atoms with E-state index in [2.05, 4.69) is 20.9 Å². The number of hydrogen-bond donors (Lipinski definition) is 2. The summed E-state index contributed by atoms with van der Waals surface area (Å²) in [4.78, 5) is 27.0. The van der Waals surface area contributed by atoms with Crippen molar-refractivity contribution in [2.75, 3.05) is 26.7 Å². The highest BCUT2D eigenvalue weighted by atomic mass is 35.5. The highest BCUT2D eigenvalue weighted by Gasteiger charge is 2.33. The summed E-state index contributed by atoms with van der Waals surface area (Å²) in [6.07, 6.45) is 4.20. The Balaban J connectivity index is 0.00000256. The summed E-state index contributed by atoms with van der Waals surface area (Å²) in [6, 6.07) is 7.37. The number of methoxy groups -OCH3 is 1. The van der Waals surface area contributed by atoms with Gasteiger partial charge in [-0.1, -0.05) is 17.3 Å². The molecule has 2 fully saturated rings. The number of hydrogen-bond acceptors (Lipinski definition) is 6. The summed E-state index contributed by atoms with van der Waals surface area (Å²) >= 11 is 0. The molecule has 2 saturated heterocycles. The molecule has 162 valence electrons. The van der Waals surface area contributed by atoms with Gasteiger partial charge in [0.2, 0.25) is 5.91 Å². The van der Waals surface area contributed by atoms with Gasteiger partial charge in [-0.25, -0.2) is 4.68 Å². The maximum atomic E-state index is 12.7. The number of likely N-dealkylation sites (tertiary alicyclic amines) is 1. The van der Waals surface area contributed by atoms with E-state index in [0.717, 1.165) is 37.2 Å². The van der Waals surface area contributed by atoms with E-state index in [1.165, 1.54) is 0 Å². The number of carbonyl (C=O) groups is 2. The molecule has 2 amide bonds. The lowest BCUT2D eigenvalue weighted by atomic mass is 10.1. The van der Waals surface area contributed by atoms with Crippen LogP contribution in [-0.2, 0) is 11.3 Å². The molecule has 30 heavy (non-hydrogen) atoms. The lowest BCUT2D eigenvalue weighted by molar-refractivity contribution is -0.129. The highest BCUT2D eigenvalue weighted by Crippen LogP contribution is 2.19. The predicted octanol–water partition coefficient (Wildman–Crippen LogP) is 1.16. The number of nitrogens with one attached hydrogen (secondary N) is 2. The first-order valence-corrected chi connectivity index (χ1v) is 9.99. The van der Waals surface area contributed by atoms with Crippen molar-refractivity contribution in [3.05, 3.63) is 41.7 Å². The van der Waals surface area contributed by atoms with Crippen LogP contribution in [0.15, 0.2) is 30.5 Å². The van der Waals surface area contributed by atoms with Crippen molar-refractivity contribution < 1.29 is 14.3 Å². The number of aromatic nitrogens is 3. The number of nitrogens with zero attached hydrogens (tertiary/aromatic N) is 4. The molecule has 0 bridgehead atoms. The van der Waals surface area contributed by atoms with Crippen LogP contribution >= 0.6 is 12.4 Å². The maximum absolute atomic E-state index is 12.7. The second kappa shape index (κ2) is 9.90. The third-order valence-electron chi connectivity index (χ3n) is 5.56. The smallest absolute Gasteiger partial charge is 0.274 e. The van der Waals surface area contributed by atoms with Gasteiger partial charge in [0.1, 0.15) is 11.8 Å². The van der Waals surface area contributed by atoms with Crippen molar-refractivity contribution in [2.45, 2.75) is 37.9 Å². The standard InChI is InChI=1S/C20H26N6O3.ClH/c1-29-16-4-2-14(3-5-16)12-25-11-8-17(20(25)28)22-19(27)18-13-26(24-23-18)15-6-9-21-10-7-15;/h2-5,13,15,17,21H,6-12H2,1H3,(H,22,27);1H. The predicted molar refractivity (Wildman–Crippen MR) is 113 cm³/mol. The largest absolute Gasteiger partial charge is 0.497 e. The van der Waals surface area contributed by atoms with Gasteiger partial charge in [0.05, 0.1) is 19.3 Å². The molecule has 2 aromatic rings. The van der Waals surface area contributed by atoms with Gasteiger partial charge in [0.15, 0.2) is 5.69 Å². The number of piperidine rings is 1. The van der Waals surface area contributed by atoms with Crippen LogP contribution in [0.2, 0.25) is 0 Å². The Kier molecular flexibility index (Phi) is 7.28. The van der Waals surface area contributed by atoms with Crippen LogP contribution in [0, 0.1) is 0 Å². The molecule has 0 spiro atoms. The average molecular weight is 435 g/mol. The van der Waals surface area contributed by atoms with E-state index < -0.39 is 6.04 Å². The topological polar surface area (TPSA) is 101 Å². The zero-order valence-corrected chi connectivity index (χ0v) is 17.7. The normalized spacial score (nSPS) is 19.4. The lowest BCUT2D eigenvalue weighted by Gasteiger charge is -2.22. The van der Waals surface area contributed by atoms with Gasteiger partial charge < -0.3 is 20.3 Å². The zero-order valence-electron chi connectivity index (χ0n) is 16.9. The van der Waals surface area contributed by atoms with E-state index in [9.17, 15) is 9.59 Å². The first-order valence-electron chi connectivity index (χ1n) is 9.99. The summed E-state index contributed by atoms with van der Waals surface area (Å²) in [5, 5.41) is 14.2. The Bertz CT molecular complexity index is 866. The number of benzene rings is 1. The molecule has 0 radical (unpaired) electrons. The summed E-state index contributed by atoms with van der Waals surface area (Å²) in [7, 11) is 1.62. The lowest BCUT2D eigenvalue weighted by Crippen LogP contribution is -2.41. The third-order valence-corrected chi connectivity index (χ3v) is 5.56. The zero-order chi connectivity index (χ0) is 20.2. The fraction of sp³-hybridized carbons (Fsp3) is 0.500. The molecule has 1 aromatic carbocycles. The van der Waals surface area contributed by atoms with Crippen LogP contribution in [0.3, 0.4) is 0 Å². The van der Waals surface area contributed by atoms with E-state index in [4.69, 9.17) is 4.74 Å². The van der Waals surface area contributed by atoms with Crippen molar-refractivity contribution >= 4 is 24.2 Å². The molecule has 9 nitrogen and oxygen atoms in total. The molecular formula is C20H27ClN6O3. The number of halogens is 1. The van der Waals surface area contributed by atoms with Gasteiger partial charge in [0.25, 0.3) is 5.91 Å². The molecule has 1 unspecified atom stereocenters. The molecule has 10 heteroatoms. The Morgan fingerprint density at radius 3 is 2.67 bits per heavy atom. The molecule has 0 aliphatic carbocycles. The summed E-state index contributed by atoms with van der Waals surface area (Å²) in [5.74, 6) is 0.360. The van der Waals surface area contributed by atoms with Crippen LogP contribution in [0.4, 0.5) is 0 Å². The Labute approximate surface area is 181 Å². The van der Waals surface area contributed by atoms with Crippen LogP contribution in [0.5, 0.6) is 5.75 Å². The first-order chi connectivity index (χ1) is 14.1. The molecule has 2 N–H and O–H groups in total. The van der Waals surface area contributed by atoms with E-state index in [1.807, 2.05) is 24.3 Å². The van der Waals surface area contributed by atoms with Gasteiger partial charge in [0, 0.05) is 13.1 Å². The van der Waals surface area contributed by atoms with E-state index in [1.54, 1.807) is 22.9 Å². The summed E-state index contributed by atoms with van der Waals surface area (Å²) in [5.41, 5.74) is 1.28. The molecular weight excluding hydrogens is 408 g/mol. The quantitative estimate of drug-likeness (QED) is 0.707. The monoisotopic (exact) mass is 434 g/mol. The van der Waals surface area contributed by atoms with Crippen molar-refractivity contribution in [2.24, 2.45) is 0 Å². The van der Waals surface area contributed by atoms with Gasteiger partial charge in [-0.15, -0.1) is 17.5 Å².